The van der Waals surface area contributed by atoms with Gasteiger partial charge in [0, 0.05) is 16.6 Å². The topological polar surface area (TPSA) is 67.8 Å². The predicted molar refractivity (Wildman–Crippen MR) is 106 cm³/mol. The maximum absolute atomic E-state index is 13.7. The summed E-state index contributed by atoms with van der Waals surface area (Å²) in [5.41, 5.74) is 4.84. The summed E-state index contributed by atoms with van der Waals surface area (Å²) in [5, 5.41) is 12.2. The first-order chi connectivity index (χ1) is 13.1. The number of carbonyl (C=O) groups excluding carboxylic acids is 1. The van der Waals surface area contributed by atoms with Crippen LogP contribution in [0.5, 0.6) is 0 Å². The number of carbonyl (C=O) groups is 1. The third-order valence-corrected chi connectivity index (χ3v) is 5.74. The molecule has 27 heavy (non-hydrogen) atoms. The van der Waals surface area contributed by atoms with Crippen LogP contribution in [-0.4, -0.2) is 21.1 Å². The molecule has 4 rings (SSSR count). The lowest BCUT2D eigenvalue weighted by molar-refractivity contribution is 0.102. The van der Waals surface area contributed by atoms with Crippen molar-refractivity contribution < 1.29 is 9.18 Å². The quantitative estimate of drug-likeness (QED) is 0.525. The molecule has 4 aromatic rings. The maximum Gasteiger partial charge on any atom is 0.259 e. The van der Waals surface area contributed by atoms with Crippen molar-refractivity contribution in [3.63, 3.8) is 0 Å². The molecule has 3 heterocycles. The van der Waals surface area contributed by atoms with E-state index in [0.29, 0.717) is 5.00 Å². The average molecular weight is 396 g/mol. The lowest BCUT2D eigenvalue weighted by Gasteiger charge is -2.06. The molecule has 1 aromatic carbocycles. The van der Waals surface area contributed by atoms with Crippen LogP contribution in [-0.2, 0) is 0 Å². The zero-order chi connectivity index (χ0) is 18.8. The minimum atomic E-state index is -0.646. The first-order valence-electron chi connectivity index (χ1n) is 8.00. The molecule has 8 heteroatoms. The Morgan fingerprint density at radius 2 is 2.07 bits per heavy atom. The number of aromatic nitrogens is 3. The smallest absolute Gasteiger partial charge is 0.259 e. The Bertz CT molecular complexity index is 1110. The van der Waals surface area contributed by atoms with Gasteiger partial charge in [-0.05, 0) is 42.3 Å². The van der Waals surface area contributed by atoms with Crippen molar-refractivity contribution in [3.8, 4) is 21.0 Å². The van der Waals surface area contributed by atoms with Gasteiger partial charge in [-0.1, -0.05) is 23.5 Å². The molecule has 5 nitrogen and oxygen atoms in total. The molecule has 0 bridgehead atoms. The molecule has 3 aromatic heterocycles. The van der Waals surface area contributed by atoms with Crippen LogP contribution in [0.25, 0.3) is 21.0 Å². The van der Waals surface area contributed by atoms with Crippen LogP contribution < -0.4 is 5.32 Å². The summed E-state index contributed by atoms with van der Waals surface area (Å²) >= 11 is 2.91. The number of amides is 1. The largest absolute Gasteiger partial charge is 0.313 e. The van der Waals surface area contributed by atoms with Gasteiger partial charge in [0.15, 0.2) is 5.82 Å². The number of pyridine rings is 1. The van der Waals surface area contributed by atoms with Crippen molar-refractivity contribution in [2.45, 2.75) is 6.92 Å². The Labute approximate surface area is 162 Å². The normalized spacial score (nSPS) is 10.7. The molecule has 0 aliphatic rings. The highest BCUT2D eigenvalue weighted by atomic mass is 32.1. The summed E-state index contributed by atoms with van der Waals surface area (Å²) in [6.07, 6.45) is 2.41. The van der Waals surface area contributed by atoms with E-state index in [4.69, 9.17) is 0 Å². The first kappa shape index (κ1) is 17.4. The fourth-order valence-electron chi connectivity index (χ4n) is 2.61. The van der Waals surface area contributed by atoms with Gasteiger partial charge in [0.2, 0.25) is 0 Å². The molecule has 0 spiro atoms. The van der Waals surface area contributed by atoms with Crippen LogP contribution in [0.15, 0.2) is 54.3 Å². The van der Waals surface area contributed by atoms with Crippen LogP contribution in [0, 0.1) is 12.7 Å². The fourth-order valence-corrected chi connectivity index (χ4v) is 4.14. The molecule has 0 atom stereocenters. The van der Waals surface area contributed by atoms with Gasteiger partial charge < -0.3 is 5.32 Å². The molecule has 0 saturated heterocycles. The lowest BCUT2D eigenvalue weighted by atomic mass is 10.0. The summed E-state index contributed by atoms with van der Waals surface area (Å²) in [7, 11) is 0. The SMILES string of the molecule is Cc1ccc(-c2nncs2)cc1-c1ccc(NC(=O)c2ccncc2F)s1. The monoisotopic (exact) mass is 396 g/mol. The molecule has 1 N–H and O–H groups in total. The molecular formula is C19H13FN4OS2. The number of thiophene rings is 1. The van der Waals surface area contributed by atoms with Crippen molar-refractivity contribution in [2.24, 2.45) is 0 Å². The van der Waals surface area contributed by atoms with Gasteiger partial charge in [-0.2, -0.15) is 0 Å². The van der Waals surface area contributed by atoms with Crippen molar-refractivity contribution in [1.29, 1.82) is 0 Å². The van der Waals surface area contributed by atoms with E-state index in [-0.39, 0.29) is 5.56 Å². The molecule has 0 aliphatic heterocycles. The molecule has 0 saturated carbocycles. The second-order valence-corrected chi connectivity index (χ2v) is 7.66. The van der Waals surface area contributed by atoms with Gasteiger partial charge >= 0.3 is 0 Å². The standard InChI is InChI=1S/C19H13FN4OS2/c1-11-2-3-12(19-24-22-10-26-19)8-14(11)16-4-5-17(27-16)23-18(25)13-6-7-21-9-15(13)20/h2-10H,1H3,(H,23,25). The molecule has 134 valence electrons. The summed E-state index contributed by atoms with van der Waals surface area (Å²) < 4.78 is 13.7. The van der Waals surface area contributed by atoms with E-state index < -0.39 is 11.7 Å². The summed E-state index contributed by atoms with van der Waals surface area (Å²) in [4.78, 5) is 16.9. The highest BCUT2D eigenvalue weighted by molar-refractivity contribution is 7.19. The van der Waals surface area contributed by atoms with Gasteiger partial charge in [0.1, 0.15) is 10.5 Å². The number of hydrogen-bond donors (Lipinski definition) is 1. The van der Waals surface area contributed by atoms with Gasteiger partial charge in [0.25, 0.3) is 5.91 Å². The molecular weight excluding hydrogens is 383 g/mol. The molecule has 0 aliphatic carbocycles. The molecule has 0 fully saturated rings. The summed E-state index contributed by atoms with van der Waals surface area (Å²) in [6.45, 7) is 2.03. The second kappa shape index (κ2) is 7.34. The highest BCUT2D eigenvalue weighted by Crippen LogP contribution is 2.36. The molecule has 1 amide bonds. The maximum atomic E-state index is 13.7. The van der Waals surface area contributed by atoms with Gasteiger partial charge in [-0.15, -0.1) is 21.5 Å². The van der Waals surface area contributed by atoms with E-state index in [1.807, 2.05) is 31.2 Å². The van der Waals surface area contributed by atoms with Crippen LogP contribution in [0.1, 0.15) is 15.9 Å². The van der Waals surface area contributed by atoms with Crippen LogP contribution in [0.2, 0.25) is 0 Å². The minimum absolute atomic E-state index is 0.0330. The Balaban J connectivity index is 1.60. The van der Waals surface area contributed by atoms with Gasteiger partial charge in [-0.3, -0.25) is 9.78 Å². The average Bonchev–Trinajstić information content (AvgIpc) is 3.34. The van der Waals surface area contributed by atoms with Crippen LogP contribution in [0.4, 0.5) is 9.39 Å². The summed E-state index contributed by atoms with van der Waals surface area (Å²) in [6, 6.07) is 11.2. The van der Waals surface area contributed by atoms with Crippen LogP contribution in [0.3, 0.4) is 0 Å². The van der Waals surface area contributed by atoms with E-state index in [0.717, 1.165) is 32.8 Å². The number of anilines is 1. The van der Waals surface area contributed by atoms with E-state index in [1.165, 1.54) is 34.9 Å². The zero-order valence-electron chi connectivity index (χ0n) is 14.1. The number of hydrogen-bond acceptors (Lipinski definition) is 6. The first-order valence-corrected chi connectivity index (χ1v) is 9.69. The molecule has 0 unspecified atom stereocenters. The molecule has 0 radical (unpaired) electrons. The van der Waals surface area contributed by atoms with Crippen molar-refractivity contribution >= 4 is 33.6 Å². The van der Waals surface area contributed by atoms with Crippen molar-refractivity contribution in [1.82, 2.24) is 15.2 Å². The van der Waals surface area contributed by atoms with E-state index in [1.54, 1.807) is 5.51 Å². The lowest BCUT2D eigenvalue weighted by Crippen LogP contribution is -2.12. The number of nitrogens with one attached hydrogen (secondary N) is 1. The number of aryl methyl sites for hydroxylation is 1. The zero-order valence-corrected chi connectivity index (χ0v) is 15.8. The third-order valence-electron chi connectivity index (χ3n) is 3.97. The second-order valence-electron chi connectivity index (χ2n) is 5.75. The van der Waals surface area contributed by atoms with E-state index >= 15 is 0 Å². The van der Waals surface area contributed by atoms with Gasteiger partial charge in [-0.25, -0.2) is 4.39 Å². The number of halogens is 1. The van der Waals surface area contributed by atoms with Crippen LogP contribution >= 0.6 is 22.7 Å². The number of rotatable bonds is 4. The van der Waals surface area contributed by atoms with Crippen molar-refractivity contribution in [2.75, 3.05) is 5.32 Å². The van der Waals surface area contributed by atoms with Crippen molar-refractivity contribution in [3.05, 3.63) is 71.2 Å². The Kier molecular flexibility index (Phi) is 4.74. The Hall–Kier alpha value is -2.97. The van der Waals surface area contributed by atoms with E-state index in [2.05, 4.69) is 26.6 Å². The summed E-state index contributed by atoms with van der Waals surface area (Å²) in [5.74, 6) is -1.14. The van der Waals surface area contributed by atoms with E-state index in [9.17, 15) is 9.18 Å². The minimum Gasteiger partial charge on any atom is -0.313 e. The fraction of sp³-hybridized carbons (Fsp3) is 0.0526. The Morgan fingerprint density at radius 3 is 2.85 bits per heavy atom. The highest BCUT2D eigenvalue weighted by Gasteiger charge is 2.14. The Morgan fingerprint density at radius 1 is 1.19 bits per heavy atom. The van der Waals surface area contributed by atoms with Gasteiger partial charge in [0.05, 0.1) is 16.8 Å². The number of nitrogens with zero attached hydrogens (tertiary/aromatic N) is 3. The third kappa shape index (κ3) is 3.62. The predicted octanol–water partition coefficient (Wildman–Crippen LogP) is 5.03. The number of benzene rings is 1.